The van der Waals surface area contributed by atoms with Crippen LogP contribution >= 0.6 is 0 Å². The quantitative estimate of drug-likeness (QED) is 0.587. The van der Waals surface area contributed by atoms with E-state index in [1.54, 1.807) is 0 Å². The number of hydrogen-bond donors (Lipinski definition) is 2. The number of carbonyl (C=O) groups excluding carboxylic acids is 1. The van der Waals surface area contributed by atoms with Crippen molar-refractivity contribution in [3.8, 4) is 0 Å². The van der Waals surface area contributed by atoms with Crippen LogP contribution < -0.4 is 11.1 Å². The van der Waals surface area contributed by atoms with Crippen LogP contribution in [0.4, 0.5) is 18.9 Å². The topological polar surface area (TPSA) is 114 Å². The number of nitrogens with one attached hydrogen (secondary N) is 1. The third-order valence-corrected chi connectivity index (χ3v) is 6.85. The van der Waals surface area contributed by atoms with Gasteiger partial charge in [0.15, 0.2) is 0 Å². The van der Waals surface area contributed by atoms with Gasteiger partial charge in [0.05, 0.1) is 22.7 Å². The average molecular weight is 485 g/mol. The van der Waals surface area contributed by atoms with Crippen LogP contribution in [0.25, 0.3) is 0 Å². The van der Waals surface area contributed by atoms with Gasteiger partial charge in [-0.3, -0.25) is 4.79 Å². The predicted molar refractivity (Wildman–Crippen MR) is 116 cm³/mol. The van der Waals surface area contributed by atoms with Gasteiger partial charge in [0, 0.05) is 31.6 Å². The molecule has 3 rings (SSSR count). The van der Waals surface area contributed by atoms with Crippen molar-refractivity contribution in [3.63, 3.8) is 0 Å². The molecule has 1 aliphatic rings. The molecule has 2 aromatic rings. The maximum atomic E-state index is 12.9. The minimum absolute atomic E-state index is 0.0921. The number of nitrogens with zero attached hydrogens (tertiary/aromatic N) is 2. The van der Waals surface area contributed by atoms with Crippen molar-refractivity contribution in [1.29, 1.82) is 0 Å². The number of alkyl halides is 3. The fourth-order valence-electron chi connectivity index (χ4n) is 3.18. The van der Waals surface area contributed by atoms with Crippen LogP contribution in [0.15, 0.2) is 58.6 Å². The molecule has 0 radical (unpaired) electrons. The highest BCUT2D eigenvalue weighted by Gasteiger charge is 2.30. The Morgan fingerprint density at radius 3 is 2.39 bits per heavy atom. The number of hydrogen-bond acceptors (Lipinski definition) is 6. The molecule has 2 aromatic carbocycles. The second-order valence-corrected chi connectivity index (χ2v) is 9.25. The lowest BCUT2D eigenvalue weighted by atomic mass is 10.1. The average Bonchev–Trinajstić information content (AvgIpc) is 2.79. The van der Waals surface area contributed by atoms with Gasteiger partial charge in [-0.25, -0.2) is 8.42 Å². The summed E-state index contributed by atoms with van der Waals surface area (Å²) in [4.78, 5) is 16.6. The van der Waals surface area contributed by atoms with E-state index in [2.05, 4.69) is 10.5 Å². The Morgan fingerprint density at radius 2 is 1.79 bits per heavy atom. The Hall–Kier alpha value is -2.96. The van der Waals surface area contributed by atoms with Crippen molar-refractivity contribution in [2.24, 2.45) is 10.9 Å². The summed E-state index contributed by atoms with van der Waals surface area (Å²) in [5, 5.41) is 6.51. The normalized spacial score (nSPS) is 15.2. The van der Waals surface area contributed by atoms with Gasteiger partial charge in [-0.2, -0.15) is 17.5 Å². The van der Waals surface area contributed by atoms with Crippen LogP contribution in [0.5, 0.6) is 0 Å². The molecule has 0 unspecified atom stereocenters. The summed E-state index contributed by atoms with van der Waals surface area (Å²) in [7, 11) is -3.72. The summed E-state index contributed by atoms with van der Waals surface area (Å²) in [6, 6.07) is 10.6. The van der Waals surface area contributed by atoms with Crippen molar-refractivity contribution in [2.75, 3.05) is 25.0 Å². The lowest BCUT2D eigenvalue weighted by Crippen LogP contribution is -2.38. The van der Waals surface area contributed by atoms with Gasteiger partial charge in [0.1, 0.15) is 6.61 Å². The number of piperidine rings is 1. The molecule has 0 saturated carbocycles. The summed E-state index contributed by atoms with van der Waals surface area (Å²) >= 11 is 0. The monoisotopic (exact) mass is 484 g/mol. The first-order chi connectivity index (χ1) is 15.6. The number of amides is 1. The van der Waals surface area contributed by atoms with Crippen molar-refractivity contribution in [1.82, 2.24) is 4.31 Å². The highest BCUT2D eigenvalue weighted by atomic mass is 32.2. The predicted octanol–water partition coefficient (Wildman–Crippen LogP) is 2.96. The summed E-state index contributed by atoms with van der Waals surface area (Å²) in [6.07, 6.45) is -3.75. The summed E-state index contributed by atoms with van der Waals surface area (Å²) in [5.74, 6) is -0.385. The van der Waals surface area contributed by atoms with Crippen LogP contribution in [0.2, 0.25) is 0 Å². The van der Waals surface area contributed by atoms with Gasteiger partial charge < -0.3 is 15.9 Å². The van der Waals surface area contributed by atoms with Crippen LogP contribution in [-0.4, -0.2) is 44.0 Å². The number of nitrogens with two attached hydrogens (primary N) is 1. The van der Waals surface area contributed by atoms with E-state index >= 15 is 0 Å². The molecular weight excluding hydrogens is 461 g/mol. The van der Waals surface area contributed by atoms with Crippen molar-refractivity contribution in [2.45, 2.75) is 30.5 Å². The van der Waals surface area contributed by atoms with E-state index in [-0.39, 0.29) is 37.0 Å². The maximum absolute atomic E-state index is 12.9. The largest absolute Gasteiger partial charge is 0.416 e. The van der Waals surface area contributed by atoms with E-state index in [1.807, 2.05) is 0 Å². The molecule has 0 aromatic heterocycles. The molecule has 3 N–H and O–H groups in total. The number of benzene rings is 2. The Morgan fingerprint density at radius 1 is 1.12 bits per heavy atom. The molecule has 0 spiro atoms. The number of anilines is 1. The van der Waals surface area contributed by atoms with Gasteiger partial charge in [-0.15, -0.1) is 0 Å². The lowest BCUT2D eigenvalue weighted by Gasteiger charge is -2.26. The molecule has 1 amide bonds. The van der Waals surface area contributed by atoms with Crippen molar-refractivity contribution >= 4 is 27.3 Å². The van der Waals surface area contributed by atoms with Gasteiger partial charge in [-0.1, -0.05) is 17.3 Å². The zero-order valence-electron chi connectivity index (χ0n) is 17.5. The Balaban J connectivity index is 1.54. The van der Waals surface area contributed by atoms with Gasteiger partial charge in [0.25, 0.3) is 0 Å². The SMILES string of the molecule is NCC(=O)Nc1ccc(S(=O)(=O)N2CCC(=NOCc3cccc(C(F)(F)F)c3)CC2)cc1. The highest BCUT2D eigenvalue weighted by molar-refractivity contribution is 7.89. The number of rotatable bonds is 7. The minimum atomic E-state index is -4.43. The molecule has 12 heteroatoms. The van der Waals surface area contributed by atoms with E-state index in [4.69, 9.17) is 10.6 Å². The summed E-state index contributed by atoms with van der Waals surface area (Å²) in [5.41, 5.74) is 5.88. The van der Waals surface area contributed by atoms with Crippen molar-refractivity contribution < 1.29 is 31.2 Å². The first-order valence-electron chi connectivity index (χ1n) is 10.0. The number of carbonyl (C=O) groups is 1. The van der Waals surface area contributed by atoms with Gasteiger partial charge in [0.2, 0.25) is 15.9 Å². The second kappa shape index (κ2) is 10.3. The van der Waals surface area contributed by atoms with E-state index in [9.17, 15) is 26.4 Å². The van der Waals surface area contributed by atoms with E-state index in [0.717, 1.165) is 12.1 Å². The molecule has 0 bridgehead atoms. The van der Waals surface area contributed by atoms with Crippen LogP contribution in [0.1, 0.15) is 24.0 Å². The molecule has 1 aliphatic heterocycles. The molecule has 1 fully saturated rings. The highest BCUT2D eigenvalue weighted by Crippen LogP contribution is 2.29. The Bertz CT molecular complexity index is 1110. The van der Waals surface area contributed by atoms with Gasteiger partial charge >= 0.3 is 6.18 Å². The number of halogens is 3. The second-order valence-electron chi connectivity index (χ2n) is 7.31. The van der Waals surface area contributed by atoms with Gasteiger partial charge in [-0.05, 0) is 42.0 Å². The molecule has 1 saturated heterocycles. The third-order valence-electron chi connectivity index (χ3n) is 4.94. The van der Waals surface area contributed by atoms with Crippen LogP contribution in [0.3, 0.4) is 0 Å². The summed E-state index contributed by atoms with van der Waals surface area (Å²) in [6.45, 7) is 0.0866. The maximum Gasteiger partial charge on any atom is 0.416 e. The van der Waals surface area contributed by atoms with Crippen LogP contribution in [0, 0.1) is 0 Å². The van der Waals surface area contributed by atoms with Crippen LogP contribution in [-0.2, 0) is 32.4 Å². The minimum Gasteiger partial charge on any atom is -0.391 e. The number of oxime groups is 1. The fourth-order valence-corrected chi connectivity index (χ4v) is 4.62. The molecule has 178 valence electrons. The van der Waals surface area contributed by atoms with Crippen molar-refractivity contribution in [3.05, 3.63) is 59.7 Å². The standard InChI is InChI=1S/C21H23F3N4O4S/c22-21(23,24)16-3-1-2-15(12-16)14-32-27-18-8-10-28(11-9-18)33(30,31)19-6-4-17(5-7-19)26-20(29)13-25/h1-7,12H,8-11,13-14,25H2,(H,26,29). The van der Waals surface area contributed by atoms with E-state index in [0.29, 0.717) is 29.8 Å². The molecule has 1 heterocycles. The fraction of sp³-hybridized carbons (Fsp3) is 0.333. The Kier molecular flexibility index (Phi) is 7.72. The first-order valence-corrected chi connectivity index (χ1v) is 11.5. The molecule has 8 nitrogen and oxygen atoms in total. The third kappa shape index (κ3) is 6.53. The lowest BCUT2D eigenvalue weighted by molar-refractivity contribution is -0.137. The molecular formula is C21H23F3N4O4S. The first kappa shape index (κ1) is 24.7. The zero-order chi connectivity index (χ0) is 24.1. The smallest absolute Gasteiger partial charge is 0.391 e. The number of sulfonamides is 1. The molecule has 33 heavy (non-hydrogen) atoms. The van der Waals surface area contributed by atoms with E-state index in [1.165, 1.54) is 40.7 Å². The zero-order valence-corrected chi connectivity index (χ0v) is 18.3. The molecule has 0 atom stereocenters. The summed E-state index contributed by atoms with van der Waals surface area (Å²) < 4.78 is 65.4. The molecule has 0 aliphatic carbocycles. The Labute approximate surface area is 189 Å². The van der Waals surface area contributed by atoms with E-state index < -0.39 is 21.8 Å².